The topological polar surface area (TPSA) is 96.0 Å². The number of para-hydroxylation sites is 1. The van der Waals surface area contributed by atoms with Crippen LogP contribution in [0.4, 0.5) is 14.9 Å². The molecule has 3 rings (SSSR count). The molecular formula is C20H22FN3O5S2. The van der Waals surface area contributed by atoms with Crippen LogP contribution in [0.15, 0.2) is 52.3 Å². The second-order valence-electron chi connectivity index (χ2n) is 6.87. The van der Waals surface area contributed by atoms with Gasteiger partial charge < -0.3 is 15.0 Å². The molecular weight excluding hydrogens is 445 g/mol. The lowest BCUT2D eigenvalue weighted by Crippen LogP contribution is -2.40. The molecule has 2 amide bonds. The third kappa shape index (κ3) is 5.42. The van der Waals surface area contributed by atoms with E-state index in [1.54, 1.807) is 38.4 Å². The highest BCUT2D eigenvalue weighted by Crippen LogP contribution is 2.29. The van der Waals surface area contributed by atoms with Gasteiger partial charge in [-0.1, -0.05) is 12.1 Å². The largest absolute Gasteiger partial charge is 0.379 e. The molecule has 0 aromatic heterocycles. The van der Waals surface area contributed by atoms with Crippen LogP contribution in [0.1, 0.15) is 10.4 Å². The van der Waals surface area contributed by atoms with Gasteiger partial charge in [0, 0.05) is 32.1 Å². The molecule has 2 aromatic carbocycles. The smallest absolute Gasteiger partial charge is 0.286 e. The molecule has 0 spiro atoms. The van der Waals surface area contributed by atoms with Crippen molar-refractivity contribution in [1.82, 2.24) is 9.21 Å². The maximum absolute atomic E-state index is 14.4. The molecule has 1 saturated heterocycles. The van der Waals surface area contributed by atoms with Gasteiger partial charge in [0.15, 0.2) is 0 Å². The quantitative estimate of drug-likeness (QED) is 0.680. The van der Waals surface area contributed by atoms with Gasteiger partial charge in [0.05, 0.1) is 29.4 Å². The van der Waals surface area contributed by atoms with Gasteiger partial charge in [0.2, 0.25) is 10.0 Å². The van der Waals surface area contributed by atoms with Gasteiger partial charge in [-0.05, 0) is 42.1 Å². The van der Waals surface area contributed by atoms with Crippen LogP contribution < -0.4 is 5.32 Å². The zero-order chi connectivity index (χ0) is 22.6. The Morgan fingerprint density at radius 1 is 1.13 bits per heavy atom. The van der Waals surface area contributed by atoms with E-state index in [0.29, 0.717) is 10.6 Å². The number of thioether (sulfide) groups is 1. The van der Waals surface area contributed by atoms with Crippen molar-refractivity contribution < 1.29 is 27.1 Å². The summed E-state index contributed by atoms with van der Waals surface area (Å²) in [6, 6.07) is 9.71. The van der Waals surface area contributed by atoms with Gasteiger partial charge in [0.25, 0.3) is 11.1 Å². The summed E-state index contributed by atoms with van der Waals surface area (Å²) in [4.78, 5) is 26.5. The summed E-state index contributed by atoms with van der Waals surface area (Å²) in [6.45, 7) is 0.916. The highest BCUT2D eigenvalue weighted by Gasteiger charge is 2.28. The van der Waals surface area contributed by atoms with E-state index in [9.17, 15) is 22.4 Å². The van der Waals surface area contributed by atoms with E-state index in [2.05, 4.69) is 5.32 Å². The van der Waals surface area contributed by atoms with E-state index in [1.165, 1.54) is 9.21 Å². The van der Waals surface area contributed by atoms with Gasteiger partial charge in [0.1, 0.15) is 5.82 Å². The standard InChI is InChI=1S/C20H22FN3O5S2/c1-23(2)20(26)30-18-6-4-3-5-17(18)22-19(25)15-13-14(7-8-16(15)21)31(27,28)24-9-11-29-12-10-24/h3-8,13H,9-12H2,1-2H3,(H,22,25). The number of morpholine rings is 1. The second-order valence-corrected chi connectivity index (χ2v) is 9.80. The van der Waals surface area contributed by atoms with Crippen molar-refractivity contribution in [2.45, 2.75) is 9.79 Å². The van der Waals surface area contributed by atoms with Crippen LogP contribution in [-0.4, -0.2) is 69.2 Å². The summed E-state index contributed by atoms with van der Waals surface area (Å²) in [7, 11) is -0.682. The minimum absolute atomic E-state index is 0.175. The fraction of sp³-hybridized carbons (Fsp3) is 0.300. The van der Waals surface area contributed by atoms with Crippen LogP contribution in [-0.2, 0) is 14.8 Å². The number of amides is 2. The third-order valence-electron chi connectivity index (χ3n) is 4.49. The third-order valence-corrected chi connectivity index (χ3v) is 7.50. The molecule has 0 radical (unpaired) electrons. The summed E-state index contributed by atoms with van der Waals surface area (Å²) >= 11 is 0.910. The molecule has 1 aliphatic rings. The van der Waals surface area contributed by atoms with Crippen LogP contribution in [0.5, 0.6) is 0 Å². The van der Waals surface area contributed by atoms with Crippen LogP contribution >= 0.6 is 11.8 Å². The highest BCUT2D eigenvalue weighted by atomic mass is 32.2. The van der Waals surface area contributed by atoms with Crippen molar-refractivity contribution in [1.29, 1.82) is 0 Å². The average Bonchev–Trinajstić information content (AvgIpc) is 2.75. The van der Waals surface area contributed by atoms with Crippen molar-refractivity contribution in [3.8, 4) is 0 Å². The number of ether oxygens (including phenoxy) is 1. The number of carbonyl (C=O) groups excluding carboxylic acids is 2. The number of nitrogens with one attached hydrogen (secondary N) is 1. The van der Waals surface area contributed by atoms with Crippen LogP contribution in [0, 0.1) is 5.82 Å². The average molecular weight is 468 g/mol. The first-order chi connectivity index (χ1) is 14.7. The molecule has 11 heteroatoms. The summed E-state index contributed by atoms with van der Waals surface area (Å²) in [5.41, 5.74) is -0.0957. The molecule has 1 aliphatic heterocycles. The molecule has 2 aromatic rings. The van der Waals surface area contributed by atoms with E-state index < -0.39 is 27.3 Å². The van der Waals surface area contributed by atoms with Crippen molar-refractivity contribution in [2.75, 3.05) is 45.7 Å². The lowest BCUT2D eigenvalue weighted by atomic mass is 10.2. The minimum Gasteiger partial charge on any atom is -0.379 e. The van der Waals surface area contributed by atoms with Gasteiger partial charge >= 0.3 is 0 Å². The van der Waals surface area contributed by atoms with Crippen molar-refractivity contribution >= 4 is 38.6 Å². The van der Waals surface area contributed by atoms with E-state index >= 15 is 0 Å². The molecule has 1 heterocycles. The predicted molar refractivity (Wildman–Crippen MR) is 115 cm³/mol. The fourth-order valence-corrected chi connectivity index (χ4v) is 4.99. The Balaban J connectivity index is 1.86. The normalized spacial score (nSPS) is 14.8. The first-order valence-electron chi connectivity index (χ1n) is 9.37. The van der Waals surface area contributed by atoms with E-state index in [-0.39, 0.29) is 36.4 Å². The summed E-state index contributed by atoms with van der Waals surface area (Å²) < 4.78 is 46.5. The Kier molecular flexibility index (Phi) is 7.31. The van der Waals surface area contributed by atoms with Crippen LogP contribution in [0.25, 0.3) is 0 Å². The Bertz CT molecular complexity index is 1090. The summed E-state index contributed by atoms with van der Waals surface area (Å²) in [5, 5.41) is 2.33. The Morgan fingerprint density at radius 2 is 1.81 bits per heavy atom. The number of anilines is 1. The molecule has 0 aliphatic carbocycles. The van der Waals surface area contributed by atoms with Crippen LogP contribution in [0.2, 0.25) is 0 Å². The SMILES string of the molecule is CN(C)C(=O)Sc1ccccc1NC(=O)c1cc(S(=O)(=O)N2CCOCC2)ccc1F. The molecule has 8 nitrogen and oxygen atoms in total. The van der Waals surface area contributed by atoms with E-state index in [4.69, 9.17) is 4.74 Å². The number of hydrogen-bond donors (Lipinski definition) is 1. The van der Waals surface area contributed by atoms with E-state index in [0.717, 1.165) is 30.0 Å². The van der Waals surface area contributed by atoms with Crippen molar-refractivity contribution in [2.24, 2.45) is 0 Å². The molecule has 0 unspecified atom stereocenters. The highest BCUT2D eigenvalue weighted by molar-refractivity contribution is 8.13. The van der Waals surface area contributed by atoms with Gasteiger partial charge in [-0.25, -0.2) is 12.8 Å². The first-order valence-corrected chi connectivity index (χ1v) is 11.6. The lowest BCUT2D eigenvalue weighted by Gasteiger charge is -2.26. The maximum atomic E-state index is 14.4. The first kappa shape index (κ1) is 23.2. The number of rotatable bonds is 5. The number of carbonyl (C=O) groups is 2. The summed E-state index contributed by atoms with van der Waals surface area (Å²) in [5.74, 6) is -1.67. The van der Waals surface area contributed by atoms with Crippen molar-refractivity contribution in [3.63, 3.8) is 0 Å². The number of halogens is 1. The molecule has 1 fully saturated rings. The zero-order valence-corrected chi connectivity index (χ0v) is 18.6. The number of hydrogen-bond acceptors (Lipinski definition) is 6. The number of nitrogens with zero attached hydrogens (tertiary/aromatic N) is 2. The Hall–Kier alpha value is -2.47. The minimum atomic E-state index is -3.89. The molecule has 1 N–H and O–H groups in total. The predicted octanol–water partition coefficient (Wildman–Crippen LogP) is 2.87. The number of sulfonamides is 1. The zero-order valence-electron chi connectivity index (χ0n) is 17.0. The monoisotopic (exact) mass is 467 g/mol. The lowest BCUT2D eigenvalue weighted by molar-refractivity contribution is 0.0730. The summed E-state index contributed by atoms with van der Waals surface area (Å²) in [6.07, 6.45) is 0. The van der Waals surface area contributed by atoms with E-state index in [1.807, 2.05) is 0 Å². The van der Waals surface area contributed by atoms with Gasteiger partial charge in [-0.2, -0.15) is 4.31 Å². The molecule has 0 bridgehead atoms. The van der Waals surface area contributed by atoms with Crippen molar-refractivity contribution in [3.05, 3.63) is 53.8 Å². The van der Waals surface area contributed by atoms with Gasteiger partial charge in [-0.3, -0.25) is 9.59 Å². The molecule has 0 saturated carbocycles. The maximum Gasteiger partial charge on any atom is 0.286 e. The molecule has 0 atom stereocenters. The Morgan fingerprint density at radius 3 is 2.48 bits per heavy atom. The fourth-order valence-electron chi connectivity index (χ4n) is 2.81. The second kappa shape index (κ2) is 9.77. The Labute approximate surface area is 184 Å². The van der Waals surface area contributed by atoms with Gasteiger partial charge in [-0.15, -0.1) is 0 Å². The number of benzene rings is 2. The molecule has 31 heavy (non-hydrogen) atoms. The van der Waals surface area contributed by atoms with Crippen LogP contribution in [0.3, 0.4) is 0 Å². The molecule has 166 valence electrons.